The average molecular weight is 301 g/mol. The first-order valence-electron chi connectivity index (χ1n) is 7.01. The lowest BCUT2D eigenvalue weighted by atomic mass is 10.1. The lowest BCUT2D eigenvalue weighted by Crippen LogP contribution is -2.37. The summed E-state index contributed by atoms with van der Waals surface area (Å²) in [4.78, 5) is 23.8. The summed E-state index contributed by atoms with van der Waals surface area (Å²) >= 11 is 0. The molecule has 0 fully saturated rings. The molecule has 0 atom stereocenters. The van der Waals surface area contributed by atoms with Crippen LogP contribution in [0.5, 0.6) is 0 Å². The summed E-state index contributed by atoms with van der Waals surface area (Å²) < 4.78 is 5.03. The van der Waals surface area contributed by atoms with Crippen molar-refractivity contribution in [3.63, 3.8) is 0 Å². The molecule has 0 saturated carbocycles. The van der Waals surface area contributed by atoms with Crippen molar-refractivity contribution in [1.82, 2.24) is 15.8 Å². The summed E-state index contributed by atoms with van der Waals surface area (Å²) in [6, 6.07) is 7.24. The molecular formula is C16H19N3O3. The van der Waals surface area contributed by atoms with Gasteiger partial charge >= 0.3 is 0 Å². The summed E-state index contributed by atoms with van der Waals surface area (Å²) in [5.74, 6) is 0.161. The molecule has 2 aromatic rings. The third kappa shape index (κ3) is 3.72. The SMILES string of the molecule is Cc1ccccc1C(=O)NCC(=O)NCc1c(C)noc1C. The predicted octanol–water partition coefficient (Wildman–Crippen LogP) is 1.65. The van der Waals surface area contributed by atoms with Crippen LogP contribution in [0.3, 0.4) is 0 Å². The first-order chi connectivity index (χ1) is 10.5. The third-order valence-electron chi connectivity index (χ3n) is 3.44. The van der Waals surface area contributed by atoms with E-state index < -0.39 is 0 Å². The van der Waals surface area contributed by atoms with Crippen LogP contribution in [0.25, 0.3) is 0 Å². The van der Waals surface area contributed by atoms with E-state index in [0.29, 0.717) is 17.9 Å². The lowest BCUT2D eigenvalue weighted by molar-refractivity contribution is -0.120. The van der Waals surface area contributed by atoms with E-state index >= 15 is 0 Å². The summed E-state index contributed by atoms with van der Waals surface area (Å²) in [5, 5.41) is 9.16. The molecule has 0 aliphatic rings. The second-order valence-electron chi connectivity index (χ2n) is 5.08. The van der Waals surface area contributed by atoms with Gasteiger partial charge in [-0.1, -0.05) is 23.4 Å². The van der Waals surface area contributed by atoms with Crippen molar-refractivity contribution >= 4 is 11.8 Å². The average Bonchev–Trinajstić information content (AvgIpc) is 2.82. The van der Waals surface area contributed by atoms with Crippen LogP contribution in [-0.2, 0) is 11.3 Å². The number of rotatable bonds is 5. The van der Waals surface area contributed by atoms with Gasteiger partial charge in [-0.2, -0.15) is 0 Å². The number of hydrogen-bond acceptors (Lipinski definition) is 4. The standard InChI is InChI=1S/C16H19N3O3/c1-10-6-4-5-7-13(10)16(21)18-9-15(20)17-8-14-11(2)19-22-12(14)3/h4-7H,8-9H2,1-3H3,(H,17,20)(H,18,21). The quantitative estimate of drug-likeness (QED) is 0.879. The monoisotopic (exact) mass is 301 g/mol. The zero-order valence-corrected chi connectivity index (χ0v) is 12.9. The Morgan fingerprint density at radius 1 is 1.14 bits per heavy atom. The van der Waals surface area contributed by atoms with Crippen molar-refractivity contribution in [2.45, 2.75) is 27.3 Å². The molecule has 1 aromatic heterocycles. The Balaban J connectivity index is 1.83. The summed E-state index contributed by atoms with van der Waals surface area (Å²) in [5.41, 5.74) is 3.05. The van der Waals surface area contributed by atoms with Crippen LogP contribution >= 0.6 is 0 Å². The molecule has 0 radical (unpaired) electrons. The third-order valence-corrected chi connectivity index (χ3v) is 3.44. The van der Waals surface area contributed by atoms with Gasteiger partial charge < -0.3 is 15.2 Å². The summed E-state index contributed by atoms with van der Waals surface area (Å²) in [6.07, 6.45) is 0. The Morgan fingerprint density at radius 3 is 2.50 bits per heavy atom. The molecule has 1 aromatic carbocycles. The van der Waals surface area contributed by atoms with Crippen LogP contribution in [0.1, 0.15) is 32.9 Å². The van der Waals surface area contributed by atoms with Crippen molar-refractivity contribution < 1.29 is 14.1 Å². The predicted molar refractivity (Wildman–Crippen MR) is 81.3 cm³/mol. The van der Waals surface area contributed by atoms with Crippen molar-refractivity contribution in [2.24, 2.45) is 0 Å². The van der Waals surface area contributed by atoms with Gasteiger partial charge in [-0.25, -0.2) is 0 Å². The van der Waals surface area contributed by atoms with E-state index in [1.165, 1.54) is 0 Å². The molecule has 0 aliphatic carbocycles. The minimum Gasteiger partial charge on any atom is -0.361 e. The topological polar surface area (TPSA) is 84.2 Å². The van der Waals surface area contributed by atoms with Crippen LogP contribution < -0.4 is 10.6 Å². The zero-order valence-electron chi connectivity index (χ0n) is 12.9. The van der Waals surface area contributed by atoms with Gasteiger partial charge in [0.1, 0.15) is 5.76 Å². The van der Waals surface area contributed by atoms with Gasteiger partial charge in [0.15, 0.2) is 0 Å². The van der Waals surface area contributed by atoms with Gasteiger partial charge in [0.05, 0.1) is 12.2 Å². The van der Waals surface area contributed by atoms with E-state index in [2.05, 4.69) is 15.8 Å². The fraction of sp³-hybridized carbons (Fsp3) is 0.312. The number of nitrogens with zero attached hydrogens (tertiary/aromatic N) is 1. The number of benzene rings is 1. The van der Waals surface area contributed by atoms with E-state index in [-0.39, 0.29) is 18.4 Å². The Bertz CT molecular complexity index is 672. The summed E-state index contributed by atoms with van der Waals surface area (Å²) in [7, 11) is 0. The highest BCUT2D eigenvalue weighted by Crippen LogP contribution is 2.11. The van der Waals surface area contributed by atoms with E-state index in [1.807, 2.05) is 26.0 Å². The highest BCUT2D eigenvalue weighted by Gasteiger charge is 2.12. The minimum absolute atomic E-state index is 0.0729. The van der Waals surface area contributed by atoms with Gasteiger partial charge in [0.2, 0.25) is 5.91 Å². The lowest BCUT2D eigenvalue weighted by Gasteiger charge is -2.08. The molecule has 0 bridgehead atoms. The number of aryl methyl sites for hydroxylation is 3. The van der Waals surface area contributed by atoms with Gasteiger partial charge in [0, 0.05) is 17.7 Å². The second-order valence-corrected chi connectivity index (χ2v) is 5.08. The van der Waals surface area contributed by atoms with Gasteiger partial charge in [0.25, 0.3) is 5.91 Å². The van der Waals surface area contributed by atoms with Crippen molar-refractivity contribution in [3.8, 4) is 0 Å². The number of carbonyl (C=O) groups excluding carboxylic acids is 2. The molecule has 1 heterocycles. The first kappa shape index (κ1) is 15.8. The molecular weight excluding hydrogens is 282 g/mol. The maximum Gasteiger partial charge on any atom is 0.251 e. The van der Waals surface area contributed by atoms with Crippen LogP contribution in [0, 0.1) is 20.8 Å². The van der Waals surface area contributed by atoms with E-state index in [0.717, 1.165) is 16.8 Å². The smallest absolute Gasteiger partial charge is 0.251 e. The number of aromatic nitrogens is 1. The van der Waals surface area contributed by atoms with Gasteiger partial charge in [-0.15, -0.1) is 0 Å². The minimum atomic E-state index is -0.262. The number of amides is 2. The van der Waals surface area contributed by atoms with Crippen LogP contribution in [0.2, 0.25) is 0 Å². The largest absolute Gasteiger partial charge is 0.361 e. The maximum atomic E-state index is 12.0. The number of carbonyl (C=O) groups is 2. The first-order valence-corrected chi connectivity index (χ1v) is 7.01. The molecule has 2 N–H and O–H groups in total. The summed E-state index contributed by atoms with van der Waals surface area (Å²) in [6.45, 7) is 5.72. The maximum absolute atomic E-state index is 12.0. The molecule has 0 unspecified atom stereocenters. The molecule has 0 aliphatic heterocycles. The normalized spacial score (nSPS) is 10.3. The highest BCUT2D eigenvalue weighted by molar-refractivity contribution is 5.97. The van der Waals surface area contributed by atoms with E-state index in [9.17, 15) is 9.59 Å². The fourth-order valence-corrected chi connectivity index (χ4v) is 2.09. The number of nitrogens with one attached hydrogen (secondary N) is 2. The molecule has 22 heavy (non-hydrogen) atoms. The van der Waals surface area contributed by atoms with Gasteiger partial charge in [-0.05, 0) is 32.4 Å². The van der Waals surface area contributed by atoms with Crippen LogP contribution in [0.15, 0.2) is 28.8 Å². The van der Waals surface area contributed by atoms with E-state index in [4.69, 9.17) is 4.52 Å². The highest BCUT2D eigenvalue weighted by atomic mass is 16.5. The molecule has 0 spiro atoms. The zero-order chi connectivity index (χ0) is 16.1. The Morgan fingerprint density at radius 2 is 1.86 bits per heavy atom. The Hall–Kier alpha value is -2.63. The number of hydrogen-bond donors (Lipinski definition) is 2. The van der Waals surface area contributed by atoms with E-state index in [1.54, 1.807) is 19.1 Å². The molecule has 0 saturated heterocycles. The van der Waals surface area contributed by atoms with Crippen LogP contribution in [-0.4, -0.2) is 23.5 Å². The van der Waals surface area contributed by atoms with Crippen molar-refractivity contribution in [3.05, 3.63) is 52.4 Å². The molecule has 116 valence electrons. The fourth-order valence-electron chi connectivity index (χ4n) is 2.09. The van der Waals surface area contributed by atoms with Crippen molar-refractivity contribution in [2.75, 3.05) is 6.54 Å². The van der Waals surface area contributed by atoms with Crippen LogP contribution in [0.4, 0.5) is 0 Å². The van der Waals surface area contributed by atoms with Crippen molar-refractivity contribution in [1.29, 1.82) is 0 Å². The molecule has 2 amide bonds. The molecule has 6 nitrogen and oxygen atoms in total. The second kappa shape index (κ2) is 6.89. The molecule has 6 heteroatoms. The van der Waals surface area contributed by atoms with Gasteiger partial charge in [-0.3, -0.25) is 9.59 Å². The molecule has 2 rings (SSSR count). The Labute approximate surface area is 128 Å². The Kier molecular flexibility index (Phi) is 4.93.